The van der Waals surface area contributed by atoms with E-state index in [2.05, 4.69) is 16.6 Å². The molecule has 1 aromatic carbocycles. The van der Waals surface area contributed by atoms with E-state index in [1.807, 2.05) is 30.3 Å². The van der Waals surface area contributed by atoms with Gasteiger partial charge in [0.05, 0.1) is 0 Å². The summed E-state index contributed by atoms with van der Waals surface area (Å²) in [6.07, 6.45) is -0.260. The topological polar surface area (TPSA) is 52.3 Å². The van der Waals surface area contributed by atoms with Crippen molar-refractivity contribution in [3.63, 3.8) is 0 Å². The average molecular weight is 189 g/mol. The third kappa shape index (κ3) is 4.17. The van der Waals surface area contributed by atoms with Crippen LogP contribution in [0.2, 0.25) is 0 Å². The highest BCUT2D eigenvalue weighted by molar-refractivity contribution is 5.64. The average Bonchev–Trinajstić information content (AvgIpc) is 2.18. The molecule has 72 valence electrons. The minimum atomic E-state index is -0.758. The molecule has 0 heterocycles. The number of hydrogen-bond donors (Lipinski definition) is 1. The molecule has 3 nitrogen and oxygen atoms in total. The standard InChI is InChI=1S/C11H11NO2/c12-11(13)14-9-5-4-8-10-6-2-1-3-7-10/h1-3,6-7H,5,9H2,(H2,12,13). The van der Waals surface area contributed by atoms with Crippen LogP contribution < -0.4 is 5.73 Å². The van der Waals surface area contributed by atoms with E-state index in [0.29, 0.717) is 6.42 Å². The number of nitrogens with two attached hydrogens (primary N) is 1. The van der Waals surface area contributed by atoms with E-state index in [0.717, 1.165) is 5.56 Å². The van der Waals surface area contributed by atoms with Gasteiger partial charge in [-0.05, 0) is 12.1 Å². The Balaban J connectivity index is 2.31. The molecule has 0 saturated carbocycles. The molecule has 0 aromatic heterocycles. The lowest BCUT2D eigenvalue weighted by atomic mass is 10.2. The van der Waals surface area contributed by atoms with Gasteiger partial charge in [0.2, 0.25) is 0 Å². The summed E-state index contributed by atoms with van der Waals surface area (Å²) in [7, 11) is 0. The summed E-state index contributed by atoms with van der Waals surface area (Å²) < 4.78 is 4.52. The normalized spacial score (nSPS) is 8.57. The molecule has 0 saturated heterocycles. The van der Waals surface area contributed by atoms with Crippen LogP contribution in [0.4, 0.5) is 4.79 Å². The Morgan fingerprint density at radius 3 is 2.71 bits per heavy atom. The van der Waals surface area contributed by atoms with Gasteiger partial charge in [-0.1, -0.05) is 30.0 Å². The van der Waals surface area contributed by atoms with E-state index in [9.17, 15) is 4.79 Å². The number of rotatable bonds is 2. The molecular formula is C11H11NO2. The van der Waals surface area contributed by atoms with Crippen LogP contribution >= 0.6 is 0 Å². The van der Waals surface area contributed by atoms with Crippen molar-refractivity contribution >= 4 is 6.09 Å². The summed E-state index contributed by atoms with van der Waals surface area (Å²) in [4.78, 5) is 10.2. The van der Waals surface area contributed by atoms with Crippen molar-refractivity contribution in [1.29, 1.82) is 0 Å². The zero-order valence-corrected chi connectivity index (χ0v) is 7.69. The molecule has 0 aliphatic rings. The summed E-state index contributed by atoms with van der Waals surface area (Å²) >= 11 is 0. The number of carbonyl (C=O) groups is 1. The van der Waals surface area contributed by atoms with E-state index in [4.69, 9.17) is 5.73 Å². The molecule has 1 aromatic rings. The van der Waals surface area contributed by atoms with Crippen molar-refractivity contribution in [2.75, 3.05) is 6.61 Å². The molecule has 0 radical (unpaired) electrons. The van der Waals surface area contributed by atoms with E-state index in [1.165, 1.54) is 0 Å². The Hall–Kier alpha value is -1.95. The number of benzene rings is 1. The van der Waals surface area contributed by atoms with Crippen molar-refractivity contribution < 1.29 is 9.53 Å². The zero-order valence-electron chi connectivity index (χ0n) is 7.69. The van der Waals surface area contributed by atoms with Crippen LogP contribution in [0.15, 0.2) is 30.3 Å². The van der Waals surface area contributed by atoms with Gasteiger partial charge in [-0.2, -0.15) is 0 Å². The predicted octanol–water partition coefficient (Wildman–Crippen LogP) is 1.52. The molecule has 1 amide bonds. The summed E-state index contributed by atoms with van der Waals surface area (Å²) in [6.45, 7) is 0.245. The van der Waals surface area contributed by atoms with Gasteiger partial charge in [-0.3, -0.25) is 0 Å². The molecule has 0 fully saturated rings. The fourth-order valence-corrected chi connectivity index (χ4v) is 0.889. The maximum absolute atomic E-state index is 10.2. The molecular weight excluding hydrogens is 178 g/mol. The van der Waals surface area contributed by atoms with Gasteiger partial charge in [0.15, 0.2) is 0 Å². The monoisotopic (exact) mass is 189 g/mol. The second-order valence-corrected chi connectivity index (χ2v) is 2.59. The summed E-state index contributed by atoms with van der Waals surface area (Å²) in [5.41, 5.74) is 5.73. The van der Waals surface area contributed by atoms with Gasteiger partial charge in [-0.15, -0.1) is 0 Å². The van der Waals surface area contributed by atoms with Crippen LogP contribution in [-0.4, -0.2) is 12.7 Å². The Kier molecular flexibility index (Phi) is 4.09. The Morgan fingerprint density at radius 2 is 2.07 bits per heavy atom. The molecule has 0 bridgehead atoms. The highest BCUT2D eigenvalue weighted by atomic mass is 16.5. The summed E-state index contributed by atoms with van der Waals surface area (Å²) in [5.74, 6) is 5.81. The fourth-order valence-electron chi connectivity index (χ4n) is 0.889. The van der Waals surface area contributed by atoms with Gasteiger partial charge in [-0.25, -0.2) is 4.79 Å². The molecule has 0 aliphatic heterocycles. The van der Waals surface area contributed by atoms with Gasteiger partial charge < -0.3 is 10.5 Å². The van der Waals surface area contributed by atoms with Crippen LogP contribution in [0.25, 0.3) is 0 Å². The first kappa shape index (κ1) is 10.1. The number of ether oxygens (including phenoxy) is 1. The van der Waals surface area contributed by atoms with Crippen molar-refractivity contribution in [2.24, 2.45) is 5.73 Å². The Labute approximate surface area is 82.9 Å². The fraction of sp³-hybridized carbons (Fsp3) is 0.182. The van der Waals surface area contributed by atoms with E-state index < -0.39 is 6.09 Å². The van der Waals surface area contributed by atoms with E-state index in [-0.39, 0.29) is 6.61 Å². The van der Waals surface area contributed by atoms with Crippen molar-refractivity contribution in [1.82, 2.24) is 0 Å². The Morgan fingerprint density at radius 1 is 1.36 bits per heavy atom. The lowest BCUT2D eigenvalue weighted by Crippen LogP contribution is -2.13. The molecule has 0 atom stereocenters. The second kappa shape index (κ2) is 5.65. The first-order valence-corrected chi connectivity index (χ1v) is 4.25. The molecule has 2 N–H and O–H groups in total. The number of primary amides is 1. The maximum atomic E-state index is 10.2. The third-order valence-electron chi connectivity index (χ3n) is 1.48. The first-order chi connectivity index (χ1) is 6.79. The van der Waals surface area contributed by atoms with Gasteiger partial charge in [0.25, 0.3) is 0 Å². The van der Waals surface area contributed by atoms with Crippen LogP contribution in [0.1, 0.15) is 12.0 Å². The van der Waals surface area contributed by atoms with Crippen molar-refractivity contribution in [3.8, 4) is 11.8 Å². The van der Waals surface area contributed by atoms with Crippen LogP contribution in [0.3, 0.4) is 0 Å². The first-order valence-electron chi connectivity index (χ1n) is 4.25. The molecule has 3 heteroatoms. The number of hydrogen-bond acceptors (Lipinski definition) is 2. The molecule has 0 spiro atoms. The highest BCUT2D eigenvalue weighted by Crippen LogP contribution is 1.94. The largest absolute Gasteiger partial charge is 0.449 e. The minimum absolute atomic E-state index is 0.245. The lowest BCUT2D eigenvalue weighted by molar-refractivity contribution is 0.159. The van der Waals surface area contributed by atoms with Crippen LogP contribution in [0.5, 0.6) is 0 Å². The van der Waals surface area contributed by atoms with Gasteiger partial charge in [0.1, 0.15) is 6.61 Å². The quantitative estimate of drug-likeness (QED) is 0.566. The van der Waals surface area contributed by atoms with Crippen molar-refractivity contribution in [3.05, 3.63) is 35.9 Å². The minimum Gasteiger partial charge on any atom is -0.449 e. The second-order valence-electron chi connectivity index (χ2n) is 2.59. The molecule has 1 rings (SSSR count). The highest BCUT2D eigenvalue weighted by Gasteiger charge is 1.89. The maximum Gasteiger partial charge on any atom is 0.404 e. The number of amides is 1. The lowest BCUT2D eigenvalue weighted by Gasteiger charge is -1.94. The number of carbonyl (C=O) groups excluding carboxylic acids is 1. The van der Waals surface area contributed by atoms with Crippen LogP contribution in [0, 0.1) is 11.8 Å². The summed E-state index contributed by atoms with van der Waals surface area (Å²) in [6, 6.07) is 9.61. The van der Waals surface area contributed by atoms with Crippen LogP contribution in [-0.2, 0) is 4.74 Å². The van der Waals surface area contributed by atoms with Gasteiger partial charge in [0, 0.05) is 12.0 Å². The van der Waals surface area contributed by atoms with Gasteiger partial charge >= 0.3 is 6.09 Å². The SMILES string of the molecule is NC(=O)OCCC#Cc1ccccc1. The van der Waals surface area contributed by atoms with E-state index >= 15 is 0 Å². The Bertz CT molecular complexity index is 349. The van der Waals surface area contributed by atoms with Crippen molar-refractivity contribution in [2.45, 2.75) is 6.42 Å². The predicted molar refractivity (Wildman–Crippen MR) is 53.5 cm³/mol. The van der Waals surface area contributed by atoms with E-state index in [1.54, 1.807) is 0 Å². The zero-order chi connectivity index (χ0) is 10.2. The smallest absolute Gasteiger partial charge is 0.404 e. The molecule has 0 unspecified atom stereocenters. The molecule has 14 heavy (non-hydrogen) atoms. The molecule has 0 aliphatic carbocycles. The summed E-state index contributed by atoms with van der Waals surface area (Å²) in [5, 5.41) is 0. The third-order valence-corrected chi connectivity index (χ3v) is 1.48.